The van der Waals surface area contributed by atoms with Gasteiger partial charge in [0.25, 0.3) is 10.1 Å². The molecule has 0 heterocycles. The van der Waals surface area contributed by atoms with E-state index in [1.165, 1.54) is 0 Å². The van der Waals surface area contributed by atoms with E-state index in [4.69, 9.17) is 8.92 Å². The van der Waals surface area contributed by atoms with Crippen LogP contribution < -0.4 is 0 Å². The molecule has 2 rings (SSSR count). The van der Waals surface area contributed by atoms with Crippen molar-refractivity contribution < 1.29 is 22.1 Å². The lowest BCUT2D eigenvalue weighted by Crippen LogP contribution is -2.37. The van der Waals surface area contributed by atoms with E-state index in [2.05, 4.69) is 0 Å². The first-order chi connectivity index (χ1) is 10.8. The highest BCUT2D eigenvalue weighted by atomic mass is 32.2. The molecule has 1 fully saturated rings. The zero-order valence-corrected chi connectivity index (χ0v) is 14.7. The smallest absolute Gasteiger partial charge is 0.311 e. The molecule has 0 unspecified atom stereocenters. The summed E-state index contributed by atoms with van der Waals surface area (Å²) < 4.78 is 35.1. The minimum atomic E-state index is -3.76. The molecule has 0 bridgehead atoms. The van der Waals surface area contributed by atoms with Crippen LogP contribution in [0.5, 0.6) is 0 Å². The lowest BCUT2D eigenvalue weighted by Gasteiger charge is -2.34. The molecule has 23 heavy (non-hydrogen) atoms. The minimum Gasteiger partial charge on any atom is -0.466 e. The summed E-state index contributed by atoms with van der Waals surface area (Å²) in [6, 6.07) is 6.59. The van der Waals surface area contributed by atoms with Crippen LogP contribution in [0.15, 0.2) is 29.2 Å². The van der Waals surface area contributed by atoms with Crippen LogP contribution in [0.3, 0.4) is 0 Å². The van der Waals surface area contributed by atoms with Gasteiger partial charge in [0, 0.05) is 0 Å². The number of esters is 1. The predicted octanol–water partition coefficient (Wildman–Crippen LogP) is 3.21. The van der Waals surface area contributed by atoms with Gasteiger partial charge in [-0.3, -0.25) is 8.98 Å². The van der Waals surface area contributed by atoms with Crippen LogP contribution in [0, 0.1) is 12.3 Å². The second-order valence-electron chi connectivity index (χ2n) is 6.34. The maximum Gasteiger partial charge on any atom is 0.311 e. The molecule has 1 aromatic rings. The Hall–Kier alpha value is -1.40. The highest BCUT2D eigenvalue weighted by Gasteiger charge is 2.40. The van der Waals surface area contributed by atoms with Crippen LogP contribution in [0.4, 0.5) is 0 Å². The van der Waals surface area contributed by atoms with Gasteiger partial charge in [0.1, 0.15) is 0 Å². The standard InChI is InChI=1S/C17H24O5S/c1-4-21-16(18)17(3)11-9-14(10-12-17)22-23(19,20)15-7-5-13(2)6-8-15/h5-8,14H,4,9-12H2,1-3H3. The molecule has 1 aliphatic rings. The average molecular weight is 340 g/mol. The van der Waals surface area contributed by atoms with E-state index in [1.54, 1.807) is 31.2 Å². The maximum absolute atomic E-state index is 12.3. The van der Waals surface area contributed by atoms with E-state index >= 15 is 0 Å². The Kier molecular flexibility index (Phi) is 5.47. The van der Waals surface area contributed by atoms with Crippen molar-refractivity contribution >= 4 is 16.1 Å². The molecular formula is C17H24O5S. The second-order valence-corrected chi connectivity index (χ2v) is 7.92. The Morgan fingerprint density at radius 1 is 1.22 bits per heavy atom. The second kappa shape index (κ2) is 7.01. The Labute approximate surface area is 138 Å². The molecule has 6 heteroatoms. The first-order valence-corrected chi connectivity index (χ1v) is 9.35. The van der Waals surface area contributed by atoms with Gasteiger partial charge in [-0.2, -0.15) is 8.42 Å². The van der Waals surface area contributed by atoms with Gasteiger partial charge in [-0.05, 0) is 58.6 Å². The van der Waals surface area contributed by atoms with E-state index in [9.17, 15) is 13.2 Å². The molecule has 0 saturated heterocycles. The van der Waals surface area contributed by atoms with Crippen molar-refractivity contribution in [3.05, 3.63) is 29.8 Å². The van der Waals surface area contributed by atoms with E-state index in [1.807, 2.05) is 13.8 Å². The van der Waals surface area contributed by atoms with Gasteiger partial charge in [0.15, 0.2) is 0 Å². The molecule has 0 aromatic heterocycles. The molecule has 1 saturated carbocycles. The molecular weight excluding hydrogens is 316 g/mol. The third-order valence-electron chi connectivity index (χ3n) is 4.38. The molecule has 0 amide bonds. The Balaban J connectivity index is 1.98. The van der Waals surface area contributed by atoms with Gasteiger partial charge < -0.3 is 4.74 Å². The third kappa shape index (κ3) is 4.32. The fourth-order valence-electron chi connectivity index (χ4n) is 2.77. The maximum atomic E-state index is 12.3. The van der Waals surface area contributed by atoms with Crippen LogP contribution in [-0.4, -0.2) is 27.1 Å². The van der Waals surface area contributed by atoms with Crippen molar-refractivity contribution in [2.45, 2.75) is 57.5 Å². The van der Waals surface area contributed by atoms with Gasteiger partial charge in [-0.25, -0.2) is 0 Å². The Bertz CT molecular complexity index is 640. The molecule has 5 nitrogen and oxygen atoms in total. The van der Waals surface area contributed by atoms with Crippen molar-refractivity contribution in [2.24, 2.45) is 5.41 Å². The van der Waals surface area contributed by atoms with E-state index in [0.29, 0.717) is 32.3 Å². The fraction of sp³-hybridized carbons (Fsp3) is 0.588. The number of ether oxygens (including phenoxy) is 1. The fourth-order valence-corrected chi connectivity index (χ4v) is 3.91. The number of benzene rings is 1. The number of aryl methyl sites for hydroxylation is 1. The number of hydrogen-bond donors (Lipinski definition) is 0. The summed E-state index contributed by atoms with van der Waals surface area (Å²) in [5.74, 6) is -0.208. The van der Waals surface area contributed by atoms with Crippen molar-refractivity contribution in [3.63, 3.8) is 0 Å². The number of hydrogen-bond acceptors (Lipinski definition) is 5. The molecule has 0 aliphatic heterocycles. The lowest BCUT2D eigenvalue weighted by atomic mass is 9.75. The summed E-state index contributed by atoms with van der Waals surface area (Å²) in [4.78, 5) is 12.2. The van der Waals surface area contributed by atoms with Crippen molar-refractivity contribution in [3.8, 4) is 0 Å². The van der Waals surface area contributed by atoms with Crippen molar-refractivity contribution in [2.75, 3.05) is 6.61 Å². The largest absolute Gasteiger partial charge is 0.466 e. The first-order valence-electron chi connectivity index (χ1n) is 7.94. The first kappa shape index (κ1) is 17.9. The van der Waals surface area contributed by atoms with Crippen molar-refractivity contribution in [1.82, 2.24) is 0 Å². The van der Waals surface area contributed by atoms with Crippen LogP contribution >= 0.6 is 0 Å². The van der Waals surface area contributed by atoms with Gasteiger partial charge in [-0.15, -0.1) is 0 Å². The highest BCUT2D eigenvalue weighted by Crippen LogP contribution is 2.38. The average Bonchev–Trinajstić information content (AvgIpc) is 2.50. The summed E-state index contributed by atoms with van der Waals surface area (Å²) in [7, 11) is -3.76. The predicted molar refractivity (Wildman–Crippen MR) is 86.4 cm³/mol. The van der Waals surface area contributed by atoms with Gasteiger partial charge in [0.2, 0.25) is 0 Å². The lowest BCUT2D eigenvalue weighted by molar-refractivity contribution is -0.157. The third-order valence-corrected chi connectivity index (χ3v) is 5.75. The quantitative estimate of drug-likeness (QED) is 0.608. The summed E-state index contributed by atoms with van der Waals surface area (Å²) in [6.45, 7) is 5.91. The Morgan fingerprint density at radius 3 is 2.30 bits per heavy atom. The SMILES string of the molecule is CCOC(=O)C1(C)CCC(OS(=O)(=O)c2ccc(C)cc2)CC1. The highest BCUT2D eigenvalue weighted by molar-refractivity contribution is 7.86. The summed E-state index contributed by atoms with van der Waals surface area (Å²) in [6.07, 6.45) is 1.81. The van der Waals surface area contributed by atoms with E-state index in [-0.39, 0.29) is 17.0 Å². The van der Waals surface area contributed by atoms with Crippen LogP contribution in [0.2, 0.25) is 0 Å². The molecule has 1 aliphatic carbocycles. The number of carbonyl (C=O) groups excluding carboxylic acids is 1. The summed E-state index contributed by atoms with van der Waals surface area (Å²) in [5, 5.41) is 0. The van der Waals surface area contributed by atoms with Crippen LogP contribution in [-0.2, 0) is 23.8 Å². The zero-order chi connectivity index (χ0) is 17.1. The van der Waals surface area contributed by atoms with Crippen molar-refractivity contribution in [1.29, 1.82) is 0 Å². The van der Waals surface area contributed by atoms with Gasteiger partial charge in [-0.1, -0.05) is 17.7 Å². The number of carbonyl (C=O) groups is 1. The normalized spacial score (nSPS) is 25.1. The zero-order valence-electron chi connectivity index (χ0n) is 13.9. The molecule has 1 aromatic carbocycles. The van der Waals surface area contributed by atoms with E-state index in [0.717, 1.165) is 5.56 Å². The molecule has 0 N–H and O–H groups in total. The summed E-state index contributed by atoms with van der Waals surface area (Å²) in [5.41, 5.74) is 0.454. The molecule has 128 valence electrons. The summed E-state index contributed by atoms with van der Waals surface area (Å²) >= 11 is 0. The van der Waals surface area contributed by atoms with E-state index < -0.39 is 15.5 Å². The minimum absolute atomic E-state index is 0.168. The Morgan fingerprint density at radius 2 is 1.78 bits per heavy atom. The monoisotopic (exact) mass is 340 g/mol. The molecule has 0 radical (unpaired) electrons. The van der Waals surface area contributed by atoms with Gasteiger partial charge >= 0.3 is 5.97 Å². The topological polar surface area (TPSA) is 69.7 Å². The van der Waals surface area contributed by atoms with Crippen LogP contribution in [0.25, 0.3) is 0 Å². The molecule has 0 spiro atoms. The van der Waals surface area contributed by atoms with Gasteiger partial charge in [0.05, 0.1) is 23.0 Å². The number of rotatable bonds is 5. The van der Waals surface area contributed by atoms with Crippen LogP contribution in [0.1, 0.15) is 45.1 Å². The molecule has 0 atom stereocenters.